The van der Waals surface area contributed by atoms with E-state index >= 15 is 0 Å². The van der Waals surface area contributed by atoms with Gasteiger partial charge in [0.15, 0.2) is 5.82 Å². The monoisotopic (exact) mass is 431 g/mol. The minimum atomic E-state index is -0.923. The normalized spacial score (nSPS) is 11.7. The lowest BCUT2D eigenvalue weighted by atomic mass is 9.98. The Hall–Kier alpha value is -4.38. The fraction of sp³-hybridized carbons (Fsp3) is 0.125. The van der Waals surface area contributed by atoms with Gasteiger partial charge in [-0.3, -0.25) is 10.1 Å². The second-order valence-corrected chi connectivity index (χ2v) is 7.13. The molecule has 0 bridgehead atoms. The molecular weight excluding hydrogens is 413 g/mol. The Labute approximate surface area is 183 Å². The molecule has 0 spiro atoms. The number of non-ortho nitro benzene ring substituents is 1. The predicted octanol–water partition coefficient (Wildman–Crippen LogP) is 4.21. The lowest BCUT2D eigenvalue weighted by Crippen LogP contribution is -2.26. The molecule has 4 rings (SSSR count). The van der Waals surface area contributed by atoms with Crippen LogP contribution in [0.4, 0.5) is 20.6 Å². The third-order valence-corrected chi connectivity index (χ3v) is 5.21. The van der Waals surface area contributed by atoms with Gasteiger partial charge in [0.25, 0.3) is 5.69 Å². The van der Waals surface area contributed by atoms with Gasteiger partial charge in [0.05, 0.1) is 28.8 Å². The van der Waals surface area contributed by atoms with Crippen LogP contribution in [0.5, 0.6) is 0 Å². The number of hydrogen-bond acceptors (Lipinski definition) is 5. The summed E-state index contributed by atoms with van der Waals surface area (Å²) >= 11 is 0. The van der Waals surface area contributed by atoms with Crippen LogP contribution in [0.1, 0.15) is 22.6 Å². The molecule has 0 unspecified atom stereocenters. The Morgan fingerprint density at radius 2 is 1.75 bits per heavy atom. The van der Waals surface area contributed by atoms with Gasteiger partial charge in [-0.25, -0.2) is 9.18 Å². The molecule has 1 aliphatic rings. The molecule has 7 nitrogen and oxygen atoms in total. The molecule has 3 aromatic rings. The predicted molar refractivity (Wildman–Crippen MR) is 117 cm³/mol. The van der Waals surface area contributed by atoms with E-state index in [-0.39, 0.29) is 30.3 Å². The second kappa shape index (κ2) is 8.78. The van der Waals surface area contributed by atoms with Gasteiger partial charge >= 0.3 is 6.09 Å². The van der Waals surface area contributed by atoms with Crippen LogP contribution in [0.3, 0.4) is 0 Å². The quantitative estimate of drug-likeness (QED) is 0.279. The summed E-state index contributed by atoms with van der Waals surface area (Å²) in [5, 5.41) is 13.3. The Morgan fingerprint density at radius 3 is 2.38 bits per heavy atom. The van der Waals surface area contributed by atoms with Crippen molar-refractivity contribution in [3.63, 3.8) is 0 Å². The summed E-state index contributed by atoms with van der Waals surface area (Å²) < 4.78 is 19.1. The van der Waals surface area contributed by atoms with Crippen molar-refractivity contribution in [1.29, 1.82) is 0 Å². The fourth-order valence-electron chi connectivity index (χ4n) is 3.72. The number of amides is 1. The summed E-state index contributed by atoms with van der Waals surface area (Å²) in [5.74, 6) is 4.15. The summed E-state index contributed by atoms with van der Waals surface area (Å²) in [6, 6.07) is 17.8. The molecular formula is C24H18FN3O4. The van der Waals surface area contributed by atoms with Crippen molar-refractivity contribution in [2.24, 2.45) is 0 Å². The number of nitrogens with one attached hydrogen (secondary N) is 1. The van der Waals surface area contributed by atoms with E-state index in [0.717, 1.165) is 34.4 Å². The highest BCUT2D eigenvalue weighted by atomic mass is 19.1. The number of ether oxygens (including phenoxy) is 1. The lowest BCUT2D eigenvalue weighted by Gasteiger charge is -2.14. The minimum Gasteiger partial charge on any atom is -0.449 e. The van der Waals surface area contributed by atoms with Crippen LogP contribution < -0.4 is 11.1 Å². The van der Waals surface area contributed by atoms with Crippen molar-refractivity contribution in [2.75, 3.05) is 18.9 Å². The summed E-state index contributed by atoms with van der Waals surface area (Å²) in [7, 11) is 0. The molecule has 160 valence electrons. The topological polar surface area (TPSA) is 107 Å². The van der Waals surface area contributed by atoms with Crippen LogP contribution >= 0.6 is 0 Å². The third-order valence-electron chi connectivity index (χ3n) is 5.21. The van der Waals surface area contributed by atoms with Crippen LogP contribution in [0, 0.1) is 27.8 Å². The van der Waals surface area contributed by atoms with E-state index < -0.39 is 22.5 Å². The molecule has 0 saturated carbocycles. The largest absolute Gasteiger partial charge is 0.449 e. The summed E-state index contributed by atoms with van der Waals surface area (Å²) in [6.45, 7) is 0.0662. The third kappa shape index (κ3) is 4.09. The average molecular weight is 431 g/mol. The van der Waals surface area contributed by atoms with Crippen molar-refractivity contribution in [1.82, 2.24) is 5.32 Å². The van der Waals surface area contributed by atoms with E-state index in [0.29, 0.717) is 0 Å². The van der Waals surface area contributed by atoms with Crippen LogP contribution in [0.15, 0.2) is 60.7 Å². The highest BCUT2D eigenvalue weighted by molar-refractivity contribution is 5.79. The van der Waals surface area contributed by atoms with Gasteiger partial charge in [0.1, 0.15) is 6.61 Å². The molecule has 1 aliphatic carbocycles. The first-order chi connectivity index (χ1) is 15.5. The number of nitro benzene ring substituents is 1. The number of halogens is 1. The Bertz CT molecular complexity index is 1230. The zero-order valence-corrected chi connectivity index (χ0v) is 16.8. The van der Waals surface area contributed by atoms with Crippen molar-refractivity contribution >= 4 is 17.5 Å². The second-order valence-electron chi connectivity index (χ2n) is 7.13. The van der Waals surface area contributed by atoms with E-state index in [1.807, 2.05) is 48.5 Å². The Kier molecular flexibility index (Phi) is 5.73. The molecule has 0 fully saturated rings. The van der Waals surface area contributed by atoms with Crippen molar-refractivity contribution in [3.05, 3.63) is 93.3 Å². The van der Waals surface area contributed by atoms with E-state index in [1.54, 1.807) is 0 Å². The number of anilines is 1. The smallest absolute Gasteiger partial charge is 0.407 e. The first kappa shape index (κ1) is 20.9. The maximum absolute atomic E-state index is 13.7. The molecule has 0 heterocycles. The summed E-state index contributed by atoms with van der Waals surface area (Å²) in [5.41, 5.74) is 9.28. The number of carbonyl (C=O) groups excluding carboxylic acids is 1. The van der Waals surface area contributed by atoms with Gasteiger partial charge in [-0.15, -0.1) is 0 Å². The van der Waals surface area contributed by atoms with Crippen molar-refractivity contribution < 1.29 is 18.8 Å². The van der Waals surface area contributed by atoms with Crippen LogP contribution in [0.2, 0.25) is 0 Å². The van der Waals surface area contributed by atoms with Gasteiger partial charge in [0.2, 0.25) is 0 Å². The Balaban J connectivity index is 1.37. The lowest BCUT2D eigenvalue weighted by molar-refractivity contribution is -0.385. The SMILES string of the molecule is Nc1c(F)cc([N+](=O)[O-])cc1C#CCNC(=O)OCC1c2ccccc2-c2ccccc21. The van der Waals surface area contributed by atoms with E-state index in [9.17, 15) is 19.3 Å². The molecule has 32 heavy (non-hydrogen) atoms. The van der Waals surface area contributed by atoms with Gasteiger partial charge in [0, 0.05) is 12.0 Å². The summed E-state index contributed by atoms with van der Waals surface area (Å²) in [4.78, 5) is 22.2. The number of hydrogen-bond donors (Lipinski definition) is 2. The molecule has 0 radical (unpaired) electrons. The average Bonchev–Trinajstić information content (AvgIpc) is 3.11. The number of nitro groups is 1. The Morgan fingerprint density at radius 1 is 1.12 bits per heavy atom. The van der Waals surface area contributed by atoms with Crippen LogP contribution in [0.25, 0.3) is 11.1 Å². The number of nitrogens with zero attached hydrogens (tertiary/aromatic N) is 1. The van der Waals surface area contributed by atoms with Crippen molar-refractivity contribution in [2.45, 2.75) is 5.92 Å². The van der Waals surface area contributed by atoms with E-state index in [2.05, 4.69) is 17.2 Å². The maximum Gasteiger partial charge on any atom is 0.407 e. The zero-order chi connectivity index (χ0) is 22.7. The molecule has 0 aliphatic heterocycles. The summed E-state index contributed by atoms with van der Waals surface area (Å²) in [6.07, 6.45) is -0.653. The first-order valence-electron chi connectivity index (χ1n) is 9.77. The minimum absolute atomic E-state index is 0.0222. The number of fused-ring (bicyclic) bond motifs is 3. The highest BCUT2D eigenvalue weighted by Crippen LogP contribution is 2.44. The molecule has 0 saturated heterocycles. The van der Waals surface area contributed by atoms with Crippen molar-refractivity contribution in [3.8, 4) is 23.0 Å². The van der Waals surface area contributed by atoms with E-state index in [4.69, 9.17) is 10.5 Å². The molecule has 1 amide bonds. The highest BCUT2D eigenvalue weighted by Gasteiger charge is 2.28. The van der Waals surface area contributed by atoms with Crippen LogP contribution in [-0.2, 0) is 4.74 Å². The van der Waals surface area contributed by atoms with Gasteiger partial charge in [-0.1, -0.05) is 60.4 Å². The molecule has 3 N–H and O–H groups in total. The van der Waals surface area contributed by atoms with Gasteiger partial charge in [-0.05, 0) is 22.3 Å². The molecule has 3 aromatic carbocycles. The number of nitrogens with two attached hydrogens (primary N) is 1. The standard InChI is InChI=1S/C24H18FN3O4/c25-22-13-16(28(30)31)12-15(23(22)26)6-5-11-27-24(29)32-14-21-19-9-3-1-7-17(19)18-8-2-4-10-20(18)21/h1-4,7-10,12-13,21H,11,14,26H2,(H,27,29). The number of rotatable bonds is 4. The number of benzene rings is 3. The molecule has 0 aromatic heterocycles. The number of carbonyl (C=O) groups is 1. The fourth-order valence-corrected chi connectivity index (χ4v) is 3.72. The van der Waals surface area contributed by atoms with Crippen LogP contribution in [-0.4, -0.2) is 24.2 Å². The zero-order valence-electron chi connectivity index (χ0n) is 16.8. The molecule has 8 heteroatoms. The maximum atomic E-state index is 13.7. The number of nitrogen functional groups attached to an aromatic ring is 1. The van der Waals surface area contributed by atoms with Gasteiger partial charge in [-0.2, -0.15) is 0 Å². The first-order valence-corrected chi connectivity index (χ1v) is 9.77. The number of alkyl carbamates (subject to hydrolysis) is 1. The van der Waals surface area contributed by atoms with E-state index in [1.165, 1.54) is 0 Å². The molecule has 0 atom stereocenters. The van der Waals surface area contributed by atoms with Gasteiger partial charge < -0.3 is 15.8 Å².